The van der Waals surface area contributed by atoms with Crippen molar-refractivity contribution in [3.63, 3.8) is 0 Å². The fourth-order valence-corrected chi connectivity index (χ4v) is 3.07. The van der Waals surface area contributed by atoms with Crippen molar-refractivity contribution in [2.45, 2.75) is 19.9 Å². The minimum atomic E-state index is -0.622. The number of hydrogen-bond donors (Lipinski definition) is 1. The number of carbonyl (C=O) groups excluding carboxylic acids is 1. The summed E-state index contributed by atoms with van der Waals surface area (Å²) in [5, 5.41) is 2.88. The highest BCUT2D eigenvalue weighted by molar-refractivity contribution is 5.95. The van der Waals surface area contributed by atoms with Crippen molar-refractivity contribution in [1.82, 2.24) is 19.4 Å². The molecule has 0 fully saturated rings. The summed E-state index contributed by atoms with van der Waals surface area (Å²) < 4.78 is 16.5. The van der Waals surface area contributed by atoms with Crippen LogP contribution in [0.1, 0.15) is 39.0 Å². The highest BCUT2D eigenvalue weighted by Gasteiger charge is 2.24. The fraction of sp³-hybridized carbons (Fsp3) is 0.250. The van der Waals surface area contributed by atoms with Crippen LogP contribution < -0.4 is 10.9 Å². The van der Waals surface area contributed by atoms with Gasteiger partial charge in [0, 0.05) is 32.2 Å². The lowest BCUT2D eigenvalue weighted by atomic mass is 10.0. The van der Waals surface area contributed by atoms with Gasteiger partial charge in [-0.1, -0.05) is 12.1 Å². The summed E-state index contributed by atoms with van der Waals surface area (Å²) in [6.45, 7) is 3.54. The van der Waals surface area contributed by atoms with Gasteiger partial charge >= 0.3 is 0 Å². The highest BCUT2D eigenvalue weighted by Crippen LogP contribution is 2.21. The Bertz CT molecular complexity index is 1050. The van der Waals surface area contributed by atoms with Crippen LogP contribution in [0.15, 0.2) is 47.5 Å². The molecule has 1 atom stereocenters. The Balaban J connectivity index is 2.04. The average Bonchev–Trinajstić information content (AvgIpc) is 3.04. The Morgan fingerprint density at radius 3 is 2.44 bits per heavy atom. The van der Waals surface area contributed by atoms with Crippen LogP contribution >= 0.6 is 0 Å². The van der Waals surface area contributed by atoms with E-state index in [1.165, 1.54) is 16.7 Å². The molecule has 1 aromatic carbocycles. The van der Waals surface area contributed by atoms with Crippen LogP contribution in [0.25, 0.3) is 0 Å². The van der Waals surface area contributed by atoms with Crippen molar-refractivity contribution in [2.75, 3.05) is 0 Å². The van der Waals surface area contributed by atoms with Crippen LogP contribution in [-0.4, -0.2) is 20.0 Å². The van der Waals surface area contributed by atoms with Crippen molar-refractivity contribution >= 4 is 5.91 Å². The molecule has 0 aliphatic rings. The molecule has 0 saturated carbocycles. The standard InChI is InChI=1S/C20H21FN4O2/c1-12-11-13(2)25(4)20(27)16(12)19(26)23-17(18-22-9-10-24(18)3)14-5-7-15(21)8-6-14/h5-11,17H,1-4H3,(H,23,26)/t17-/m0/s1. The molecule has 0 unspecified atom stereocenters. The van der Waals surface area contributed by atoms with Crippen LogP contribution in [0.2, 0.25) is 0 Å². The number of hydrogen-bond acceptors (Lipinski definition) is 3. The van der Waals surface area contributed by atoms with Gasteiger partial charge in [0.2, 0.25) is 0 Å². The second kappa shape index (κ2) is 7.19. The molecule has 1 N–H and O–H groups in total. The topological polar surface area (TPSA) is 68.9 Å². The first-order valence-electron chi connectivity index (χ1n) is 8.50. The molecule has 0 aliphatic carbocycles. The van der Waals surface area contributed by atoms with Crippen molar-refractivity contribution in [2.24, 2.45) is 14.1 Å². The predicted molar refractivity (Wildman–Crippen MR) is 100 cm³/mol. The fourth-order valence-electron chi connectivity index (χ4n) is 3.07. The number of nitrogens with zero attached hydrogens (tertiary/aromatic N) is 3. The van der Waals surface area contributed by atoms with Crippen molar-refractivity contribution in [3.05, 3.63) is 87.1 Å². The molecule has 3 rings (SSSR count). The quantitative estimate of drug-likeness (QED) is 0.769. The van der Waals surface area contributed by atoms with Gasteiger partial charge in [0.05, 0.1) is 0 Å². The van der Waals surface area contributed by atoms with E-state index in [0.29, 0.717) is 17.0 Å². The molecule has 1 amide bonds. The molecular weight excluding hydrogens is 347 g/mol. The molecule has 3 aromatic rings. The number of carbonyl (C=O) groups is 1. The Labute approximate surface area is 156 Å². The number of pyridine rings is 1. The third-order valence-corrected chi connectivity index (χ3v) is 4.69. The molecule has 2 aromatic heterocycles. The maximum absolute atomic E-state index is 13.3. The van der Waals surface area contributed by atoms with Crippen molar-refractivity contribution in [3.8, 4) is 0 Å². The summed E-state index contributed by atoms with van der Waals surface area (Å²) >= 11 is 0. The monoisotopic (exact) mass is 368 g/mol. The molecule has 140 valence electrons. The number of amides is 1. The van der Waals surface area contributed by atoms with Gasteiger partial charge in [0.15, 0.2) is 0 Å². The number of benzene rings is 1. The van der Waals surface area contributed by atoms with Crippen LogP contribution in [-0.2, 0) is 14.1 Å². The zero-order chi connectivity index (χ0) is 19.7. The molecule has 27 heavy (non-hydrogen) atoms. The van der Waals surface area contributed by atoms with E-state index in [4.69, 9.17) is 0 Å². The number of imidazole rings is 1. The van der Waals surface area contributed by atoms with Crippen LogP contribution in [0.3, 0.4) is 0 Å². The Hall–Kier alpha value is -3.22. The molecule has 0 spiro atoms. The molecule has 2 heterocycles. The second-order valence-corrected chi connectivity index (χ2v) is 6.56. The van der Waals surface area contributed by atoms with Crippen LogP contribution in [0.4, 0.5) is 4.39 Å². The summed E-state index contributed by atoms with van der Waals surface area (Å²) in [4.78, 5) is 29.9. The van der Waals surface area contributed by atoms with E-state index in [1.54, 1.807) is 56.2 Å². The predicted octanol–water partition coefficient (Wildman–Crippen LogP) is 2.39. The maximum atomic E-state index is 13.3. The van der Waals surface area contributed by atoms with Crippen molar-refractivity contribution in [1.29, 1.82) is 0 Å². The zero-order valence-electron chi connectivity index (χ0n) is 15.7. The van der Waals surface area contributed by atoms with Gasteiger partial charge in [-0.05, 0) is 43.2 Å². The third kappa shape index (κ3) is 3.53. The Morgan fingerprint density at radius 1 is 1.19 bits per heavy atom. The smallest absolute Gasteiger partial charge is 0.263 e. The van der Waals surface area contributed by atoms with E-state index >= 15 is 0 Å². The van der Waals surface area contributed by atoms with Gasteiger partial charge in [-0.25, -0.2) is 9.37 Å². The Morgan fingerprint density at radius 2 is 1.85 bits per heavy atom. The average molecular weight is 368 g/mol. The zero-order valence-corrected chi connectivity index (χ0v) is 15.7. The first-order chi connectivity index (χ1) is 12.8. The third-order valence-electron chi connectivity index (χ3n) is 4.69. The maximum Gasteiger partial charge on any atom is 0.263 e. The van der Waals surface area contributed by atoms with Gasteiger partial charge in [-0.3, -0.25) is 9.59 Å². The van der Waals surface area contributed by atoms with Crippen molar-refractivity contribution < 1.29 is 9.18 Å². The highest BCUT2D eigenvalue weighted by atomic mass is 19.1. The SMILES string of the molecule is Cc1cc(C)n(C)c(=O)c1C(=O)N[C@@H](c1ccc(F)cc1)c1nccn1C. The van der Waals surface area contributed by atoms with Gasteiger partial charge < -0.3 is 14.5 Å². The number of halogens is 1. The number of rotatable bonds is 4. The summed E-state index contributed by atoms with van der Waals surface area (Å²) in [5.41, 5.74) is 1.77. The van der Waals surface area contributed by atoms with Gasteiger partial charge in [-0.2, -0.15) is 0 Å². The molecular formula is C20H21FN4O2. The van der Waals surface area contributed by atoms with E-state index in [0.717, 1.165) is 5.69 Å². The lowest BCUT2D eigenvalue weighted by molar-refractivity contribution is 0.0938. The van der Waals surface area contributed by atoms with Gasteiger partial charge in [0.25, 0.3) is 11.5 Å². The number of aromatic nitrogens is 3. The van der Waals surface area contributed by atoms with E-state index in [1.807, 2.05) is 6.92 Å². The van der Waals surface area contributed by atoms with Gasteiger partial charge in [0.1, 0.15) is 23.2 Å². The van der Waals surface area contributed by atoms with Gasteiger partial charge in [-0.15, -0.1) is 0 Å². The van der Waals surface area contributed by atoms with E-state index in [9.17, 15) is 14.0 Å². The molecule has 0 saturated heterocycles. The normalized spacial score (nSPS) is 12.0. The first-order valence-corrected chi connectivity index (χ1v) is 8.50. The summed E-state index contributed by atoms with van der Waals surface area (Å²) in [5.74, 6) is -0.283. The molecule has 0 aliphatic heterocycles. The van der Waals surface area contributed by atoms with Crippen LogP contribution in [0.5, 0.6) is 0 Å². The first kappa shape index (κ1) is 18.6. The lowest BCUT2D eigenvalue weighted by Crippen LogP contribution is -2.37. The number of aryl methyl sites for hydroxylation is 3. The molecule has 6 nitrogen and oxygen atoms in total. The largest absolute Gasteiger partial charge is 0.338 e. The summed E-state index contributed by atoms with van der Waals surface area (Å²) in [6, 6.07) is 7.01. The van der Waals surface area contributed by atoms with E-state index < -0.39 is 11.9 Å². The minimum Gasteiger partial charge on any atom is -0.338 e. The van der Waals surface area contributed by atoms with E-state index in [-0.39, 0.29) is 16.9 Å². The lowest BCUT2D eigenvalue weighted by Gasteiger charge is -2.20. The minimum absolute atomic E-state index is 0.0874. The summed E-state index contributed by atoms with van der Waals surface area (Å²) in [6.07, 6.45) is 3.38. The number of nitrogens with one attached hydrogen (secondary N) is 1. The van der Waals surface area contributed by atoms with Crippen LogP contribution in [0, 0.1) is 19.7 Å². The van der Waals surface area contributed by atoms with E-state index in [2.05, 4.69) is 10.3 Å². The Kier molecular flexibility index (Phi) is 4.94. The molecule has 7 heteroatoms. The second-order valence-electron chi connectivity index (χ2n) is 6.56. The molecule has 0 radical (unpaired) electrons. The summed E-state index contributed by atoms with van der Waals surface area (Å²) in [7, 11) is 3.44. The molecule has 0 bridgehead atoms.